The van der Waals surface area contributed by atoms with Gasteiger partial charge in [0.15, 0.2) is 0 Å². The van der Waals surface area contributed by atoms with E-state index in [0.29, 0.717) is 11.3 Å². The van der Waals surface area contributed by atoms with E-state index in [1.807, 2.05) is 18.2 Å². The number of para-hydroxylation sites is 2. The van der Waals surface area contributed by atoms with Crippen LogP contribution < -0.4 is 0 Å². The standard InChI is InChI=1S/C13H16N2O5/c16-5-8-9(17)10(18)11(19)12(20-8)13-14-6-3-1-2-4-7(6)15-13/h1-4,8-12,16-19H,5H2,(H,14,15)/t8-,9-,10+,11+,12-/m1/s1. The molecule has 3 rings (SSSR count). The molecule has 1 saturated heterocycles. The number of hydrogen-bond donors (Lipinski definition) is 5. The SMILES string of the molecule is OC[C@H]1O[C@@H](c2nc3ccccc3[nH]2)[C@@H](O)[C@@H](O)[C@@H]1O. The number of aromatic amines is 1. The Balaban J connectivity index is 1.95. The molecule has 5 N–H and O–H groups in total. The summed E-state index contributed by atoms with van der Waals surface area (Å²) in [5, 5.41) is 38.7. The highest BCUT2D eigenvalue weighted by atomic mass is 16.5. The lowest BCUT2D eigenvalue weighted by molar-refractivity contribution is -0.233. The molecule has 2 aromatic rings. The number of nitrogens with zero attached hydrogens (tertiary/aromatic N) is 1. The molecule has 5 atom stereocenters. The van der Waals surface area contributed by atoms with Crippen LogP contribution in [0.2, 0.25) is 0 Å². The predicted octanol–water partition coefficient (Wildman–Crippen LogP) is -0.922. The van der Waals surface area contributed by atoms with Gasteiger partial charge in [-0.3, -0.25) is 0 Å². The van der Waals surface area contributed by atoms with Crippen LogP contribution in [0.4, 0.5) is 0 Å². The zero-order chi connectivity index (χ0) is 14.3. The highest BCUT2D eigenvalue weighted by Gasteiger charge is 2.45. The average molecular weight is 280 g/mol. The van der Waals surface area contributed by atoms with Crippen LogP contribution in [-0.4, -0.2) is 61.4 Å². The fraction of sp³-hybridized carbons (Fsp3) is 0.462. The molecule has 0 amide bonds. The number of rotatable bonds is 2. The van der Waals surface area contributed by atoms with E-state index in [1.54, 1.807) is 6.07 Å². The van der Waals surface area contributed by atoms with Crippen LogP contribution in [0.25, 0.3) is 11.0 Å². The Bertz CT molecular complexity index is 566. The van der Waals surface area contributed by atoms with Crippen molar-refractivity contribution in [2.45, 2.75) is 30.5 Å². The summed E-state index contributed by atoms with van der Waals surface area (Å²) in [5.74, 6) is 0.350. The van der Waals surface area contributed by atoms with Gasteiger partial charge < -0.3 is 30.1 Å². The van der Waals surface area contributed by atoms with E-state index in [4.69, 9.17) is 9.84 Å². The van der Waals surface area contributed by atoms with Gasteiger partial charge >= 0.3 is 0 Å². The van der Waals surface area contributed by atoms with Crippen molar-refractivity contribution in [3.8, 4) is 0 Å². The van der Waals surface area contributed by atoms with Gasteiger partial charge in [-0.25, -0.2) is 4.98 Å². The maximum atomic E-state index is 10.0. The molecule has 1 aliphatic rings. The molecule has 108 valence electrons. The third kappa shape index (κ3) is 2.09. The maximum Gasteiger partial charge on any atom is 0.144 e. The van der Waals surface area contributed by atoms with Crippen molar-refractivity contribution >= 4 is 11.0 Å². The third-order valence-corrected chi connectivity index (χ3v) is 3.57. The van der Waals surface area contributed by atoms with Gasteiger partial charge in [0.2, 0.25) is 0 Å². The van der Waals surface area contributed by atoms with E-state index in [0.717, 1.165) is 5.52 Å². The molecule has 0 radical (unpaired) electrons. The fourth-order valence-corrected chi connectivity index (χ4v) is 2.43. The zero-order valence-corrected chi connectivity index (χ0v) is 10.5. The van der Waals surface area contributed by atoms with Crippen molar-refractivity contribution in [3.63, 3.8) is 0 Å². The first kappa shape index (κ1) is 13.5. The van der Waals surface area contributed by atoms with Gasteiger partial charge in [-0.05, 0) is 12.1 Å². The van der Waals surface area contributed by atoms with Crippen LogP contribution in [0.15, 0.2) is 24.3 Å². The number of fused-ring (bicyclic) bond motifs is 1. The molecule has 1 aliphatic heterocycles. The summed E-state index contributed by atoms with van der Waals surface area (Å²) >= 11 is 0. The topological polar surface area (TPSA) is 119 Å². The van der Waals surface area contributed by atoms with Crippen molar-refractivity contribution in [1.82, 2.24) is 9.97 Å². The first-order valence-corrected chi connectivity index (χ1v) is 6.37. The minimum Gasteiger partial charge on any atom is -0.394 e. The van der Waals surface area contributed by atoms with Crippen LogP contribution in [0, 0.1) is 0 Å². The molecule has 0 aliphatic carbocycles. The van der Waals surface area contributed by atoms with Crippen LogP contribution in [0.3, 0.4) is 0 Å². The molecule has 0 spiro atoms. The highest BCUT2D eigenvalue weighted by Crippen LogP contribution is 2.31. The summed E-state index contributed by atoms with van der Waals surface area (Å²) in [7, 11) is 0. The second-order valence-corrected chi connectivity index (χ2v) is 4.89. The van der Waals surface area contributed by atoms with Crippen molar-refractivity contribution in [3.05, 3.63) is 30.1 Å². The van der Waals surface area contributed by atoms with Crippen LogP contribution in [-0.2, 0) is 4.74 Å². The number of nitrogens with one attached hydrogen (secondary N) is 1. The Kier molecular flexibility index (Phi) is 3.45. The monoisotopic (exact) mass is 280 g/mol. The summed E-state index contributed by atoms with van der Waals surface area (Å²) in [6.45, 7) is -0.457. The van der Waals surface area contributed by atoms with Crippen LogP contribution in [0.5, 0.6) is 0 Å². The number of aliphatic hydroxyl groups is 4. The second kappa shape index (κ2) is 5.12. The molecule has 0 unspecified atom stereocenters. The number of benzene rings is 1. The highest BCUT2D eigenvalue weighted by molar-refractivity contribution is 5.74. The zero-order valence-electron chi connectivity index (χ0n) is 10.5. The van der Waals surface area contributed by atoms with E-state index in [9.17, 15) is 15.3 Å². The first-order valence-electron chi connectivity index (χ1n) is 6.37. The molecule has 1 fully saturated rings. The Morgan fingerprint density at radius 3 is 2.55 bits per heavy atom. The quantitative estimate of drug-likeness (QED) is 0.485. The van der Waals surface area contributed by atoms with Crippen molar-refractivity contribution in [2.75, 3.05) is 6.61 Å². The average Bonchev–Trinajstić information content (AvgIpc) is 2.89. The first-order chi connectivity index (χ1) is 9.61. The van der Waals surface area contributed by atoms with Crippen LogP contribution in [0.1, 0.15) is 11.9 Å². The number of ether oxygens (including phenoxy) is 1. The minimum atomic E-state index is -1.40. The predicted molar refractivity (Wildman–Crippen MR) is 68.8 cm³/mol. The van der Waals surface area contributed by atoms with E-state index in [2.05, 4.69) is 9.97 Å². The van der Waals surface area contributed by atoms with Gasteiger partial charge in [-0.1, -0.05) is 12.1 Å². The lowest BCUT2D eigenvalue weighted by Crippen LogP contribution is -2.55. The summed E-state index contributed by atoms with van der Waals surface area (Å²) in [6, 6.07) is 7.31. The normalized spacial score (nSPS) is 34.5. The van der Waals surface area contributed by atoms with E-state index >= 15 is 0 Å². The smallest absolute Gasteiger partial charge is 0.144 e. The Labute approximate surface area is 114 Å². The van der Waals surface area contributed by atoms with E-state index in [-0.39, 0.29) is 0 Å². The molecule has 1 aromatic heterocycles. The van der Waals surface area contributed by atoms with Gasteiger partial charge in [0, 0.05) is 0 Å². The van der Waals surface area contributed by atoms with Crippen molar-refractivity contribution in [2.24, 2.45) is 0 Å². The molecule has 7 heteroatoms. The molecule has 7 nitrogen and oxygen atoms in total. The van der Waals surface area contributed by atoms with Gasteiger partial charge in [0.05, 0.1) is 17.6 Å². The lowest BCUT2D eigenvalue weighted by Gasteiger charge is -2.39. The number of hydrogen-bond acceptors (Lipinski definition) is 6. The van der Waals surface area contributed by atoms with Gasteiger partial charge in [0.25, 0.3) is 0 Å². The maximum absolute atomic E-state index is 10.0. The Morgan fingerprint density at radius 1 is 1.10 bits per heavy atom. The molecular formula is C13H16N2O5. The van der Waals surface area contributed by atoms with E-state index in [1.165, 1.54) is 0 Å². The number of aromatic nitrogens is 2. The molecule has 2 heterocycles. The number of imidazole rings is 1. The lowest BCUT2D eigenvalue weighted by atomic mass is 9.95. The Hall–Kier alpha value is -1.51. The Morgan fingerprint density at radius 2 is 1.85 bits per heavy atom. The summed E-state index contributed by atoms with van der Waals surface area (Å²) < 4.78 is 5.44. The van der Waals surface area contributed by atoms with E-state index < -0.39 is 37.1 Å². The largest absolute Gasteiger partial charge is 0.394 e. The molecule has 0 saturated carbocycles. The van der Waals surface area contributed by atoms with Gasteiger partial charge in [-0.2, -0.15) is 0 Å². The fourth-order valence-electron chi connectivity index (χ4n) is 2.43. The van der Waals surface area contributed by atoms with Crippen LogP contribution >= 0.6 is 0 Å². The van der Waals surface area contributed by atoms with Gasteiger partial charge in [-0.15, -0.1) is 0 Å². The van der Waals surface area contributed by atoms with Crippen molar-refractivity contribution in [1.29, 1.82) is 0 Å². The molecule has 20 heavy (non-hydrogen) atoms. The number of aliphatic hydroxyl groups excluding tert-OH is 4. The summed E-state index contributed by atoms with van der Waals surface area (Å²) in [5.41, 5.74) is 1.49. The second-order valence-electron chi connectivity index (χ2n) is 4.89. The molecule has 1 aromatic carbocycles. The third-order valence-electron chi connectivity index (χ3n) is 3.57. The minimum absolute atomic E-state index is 0.350. The van der Waals surface area contributed by atoms with Gasteiger partial charge in [0.1, 0.15) is 36.3 Å². The summed E-state index contributed by atoms with van der Waals surface area (Å²) in [4.78, 5) is 7.31. The summed E-state index contributed by atoms with van der Waals surface area (Å²) in [6.07, 6.45) is -5.97. The molecule has 0 bridgehead atoms. The number of H-pyrrole nitrogens is 1. The molecular weight excluding hydrogens is 264 g/mol. The van der Waals surface area contributed by atoms with Crippen molar-refractivity contribution < 1.29 is 25.2 Å².